The highest BCUT2D eigenvalue weighted by atomic mass is 19.1. The summed E-state index contributed by atoms with van der Waals surface area (Å²) in [4.78, 5) is 28.3. The first-order chi connectivity index (χ1) is 12.5. The summed E-state index contributed by atoms with van der Waals surface area (Å²) < 4.78 is 13.2. The third-order valence-corrected chi connectivity index (χ3v) is 5.39. The number of aliphatic hydroxyl groups excluding tert-OH is 1. The fourth-order valence-electron chi connectivity index (χ4n) is 4.21. The summed E-state index contributed by atoms with van der Waals surface area (Å²) in [5.74, 6) is -0.766. The number of nitrogens with zero attached hydrogens (tertiary/aromatic N) is 2. The number of anilines is 1. The zero-order valence-electron chi connectivity index (χ0n) is 14.3. The summed E-state index contributed by atoms with van der Waals surface area (Å²) in [6, 6.07) is 12.4. The molecule has 26 heavy (non-hydrogen) atoms. The van der Waals surface area contributed by atoms with Gasteiger partial charge in [0, 0.05) is 30.6 Å². The Hall–Kier alpha value is -2.73. The lowest BCUT2D eigenvalue weighted by Gasteiger charge is -2.58. The van der Waals surface area contributed by atoms with Gasteiger partial charge in [-0.15, -0.1) is 0 Å². The van der Waals surface area contributed by atoms with Gasteiger partial charge < -0.3 is 14.9 Å². The third-order valence-electron chi connectivity index (χ3n) is 5.39. The second kappa shape index (κ2) is 6.21. The molecule has 5 nitrogen and oxygen atoms in total. The van der Waals surface area contributed by atoms with Crippen LogP contribution in [-0.2, 0) is 4.79 Å². The summed E-state index contributed by atoms with van der Waals surface area (Å²) in [5.41, 5.74) is 2.19. The Balaban J connectivity index is 1.71. The Morgan fingerprint density at radius 1 is 1.15 bits per heavy atom. The first kappa shape index (κ1) is 16.7. The van der Waals surface area contributed by atoms with Crippen LogP contribution in [0.25, 0.3) is 0 Å². The number of fused-ring (bicyclic) bond motifs is 3. The van der Waals surface area contributed by atoms with Gasteiger partial charge in [-0.05, 0) is 35.9 Å². The standard InChI is InChI=1S/C20H19FN2O3/c1-12(25)22-10-17-19(15-4-2-3-5-16(15)22)18(11-24)23(17)20(26)13-6-8-14(21)9-7-13/h2-9,17-19,24H,10-11H2,1H3/t17-,18+,19+/m1/s1. The predicted octanol–water partition coefficient (Wildman–Crippen LogP) is 2.16. The largest absolute Gasteiger partial charge is 0.394 e. The van der Waals surface area contributed by atoms with Gasteiger partial charge in [-0.1, -0.05) is 18.2 Å². The highest BCUT2D eigenvalue weighted by Gasteiger charge is 2.55. The van der Waals surface area contributed by atoms with Gasteiger partial charge in [0.05, 0.1) is 18.7 Å². The van der Waals surface area contributed by atoms with Gasteiger partial charge in [-0.25, -0.2) is 4.39 Å². The Kier molecular flexibility index (Phi) is 4.00. The summed E-state index contributed by atoms with van der Waals surface area (Å²) in [6.45, 7) is 1.73. The highest BCUT2D eigenvalue weighted by molar-refractivity contribution is 5.97. The van der Waals surface area contributed by atoms with Crippen LogP contribution in [0, 0.1) is 5.82 Å². The molecule has 4 rings (SSSR count). The van der Waals surface area contributed by atoms with Crippen molar-refractivity contribution in [2.45, 2.75) is 24.9 Å². The predicted molar refractivity (Wildman–Crippen MR) is 94.4 cm³/mol. The Morgan fingerprint density at radius 3 is 2.50 bits per heavy atom. The fourth-order valence-corrected chi connectivity index (χ4v) is 4.21. The maximum atomic E-state index is 13.2. The van der Waals surface area contributed by atoms with Crippen LogP contribution in [0.1, 0.15) is 28.8 Å². The van der Waals surface area contributed by atoms with Crippen LogP contribution in [0.3, 0.4) is 0 Å². The molecule has 0 saturated carbocycles. The Bertz CT molecular complexity index is 868. The Morgan fingerprint density at radius 2 is 1.85 bits per heavy atom. The van der Waals surface area contributed by atoms with Crippen molar-refractivity contribution in [2.75, 3.05) is 18.1 Å². The van der Waals surface area contributed by atoms with Crippen LogP contribution in [0.15, 0.2) is 48.5 Å². The second-order valence-electron chi connectivity index (χ2n) is 6.75. The number of hydrogen-bond donors (Lipinski definition) is 1. The van der Waals surface area contributed by atoms with Crippen molar-refractivity contribution < 1.29 is 19.1 Å². The quantitative estimate of drug-likeness (QED) is 0.899. The van der Waals surface area contributed by atoms with Crippen LogP contribution in [0.4, 0.5) is 10.1 Å². The van der Waals surface area contributed by atoms with E-state index < -0.39 is 5.82 Å². The van der Waals surface area contributed by atoms with Gasteiger partial charge in [0.1, 0.15) is 5.82 Å². The lowest BCUT2D eigenvalue weighted by molar-refractivity contribution is -0.117. The van der Waals surface area contributed by atoms with E-state index in [9.17, 15) is 19.1 Å². The zero-order chi connectivity index (χ0) is 18.4. The molecule has 3 atom stereocenters. The van der Waals surface area contributed by atoms with Gasteiger partial charge in [0.25, 0.3) is 5.91 Å². The minimum Gasteiger partial charge on any atom is -0.394 e. The first-order valence-electron chi connectivity index (χ1n) is 8.59. The van der Waals surface area contributed by atoms with E-state index in [2.05, 4.69) is 0 Å². The Labute approximate surface area is 150 Å². The number of halogens is 1. The molecule has 2 heterocycles. The van der Waals surface area contributed by atoms with E-state index in [0.717, 1.165) is 11.3 Å². The summed E-state index contributed by atoms with van der Waals surface area (Å²) >= 11 is 0. The van der Waals surface area contributed by atoms with Crippen molar-refractivity contribution >= 4 is 17.5 Å². The third kappa shape index (κ3) is 2.41. The lowest BCUT2D eigenvalue weighted by Crippen LogP contribution is -2.70. The van der Waals surface area contributed by atoms with E-state index in [1.807, 2.05) is 24.3 Å². The van der Waals surface area contributed by atoms with Crippen molar-refractivity contribution in [1.82, 2.24) is 4.90 Å². The maximum absolute atomic E-state index is 13.2. The van der Waals surface area contributed by atoms with Gasteiger partial charge in [-0.3, -0.25) is 9.59 Å². The molecule has 2 aliphatic rings. The van der Waals surface area contributed by atoms with Crippen molar-refractivity contribution in [3.05, 3.63) is 65.5 Å². The molecule has 2 aromatic rings. The number of aliphatic hydroxyl groups is 1. The van der Waals surface area contributed by atoms with Crippen molar-refractivity contribution in [1.29, 1.82) is 0 Å². The number of amides is 2. The maximum Gasteiger partial charge on any atom is 0.254 e. The van der Waals surface area contributed by atoms with Crippen LogP contribution in [0.2, 0.25) is 0 Å². The first-order valence-corrected chi connectivity index (χ1v) is 8.59. The van der Waals surface area contributed by atoms with E-state index >= 15 is 0 Å². The van der Waals surface area contributed by atoms with E-state index in [4.69, 9.17) is 0 Å². The van der Waals surface area contributed by atoms with Gasteiger partial charge >= 0.3 is 0 Å². The zero-order valence-corrected chi connectivity index (χ0v) is 14.3. The van der Waals surface area contributed by atoms with Crippen molar-refractivity contribution in [3.63, 3.8) is 0 Å². The van der Waals surface area contributed by atoms with Crippen LogP contribution in [-0.4, -0.2) is 47.1 Å². The van der Waals surface area contributed by atoms with Gasteiger partial charge in [0.15, 0.2) is 0 Å². The molecule has 0 unspecified atom stereocenters. The molecule has 2 amide bonds. The molecule has 1 saturated heterocycles. The van der Waals surface area contributed by atoms with Crippen LogP contribution >= 0.6 is 0 Å². The minimum atomic E-state index is -0.406. The van der Waals surface area contributed by atoms with Crippen LogP contribution in [0.5, 0.6) is 0 Å². The molecule has 0 bridgehead atoms. The van der Waals surface area contributed by atoms with E-state index in [1.165, 1.54) is 31.2 Å². The lowest BCUT2D eigenvalue weighted by atomic mass is 9.71. The number of carbonyl (C=O) groups excluding carboxylic acids is 2. The van der Waals surface area contributed by atoms with Crippen LogP contribution < -0.4 is 4.90 Å². The van der Waals surface area contributed by atoms with E-state index in [0.29, 0.717) is 12.1 Å². The molecule has 2 aliphatic heterocycles. The number of hydrogen-bond acceptors (Lipinski definition) is 3. The molecule has 1 fully saturated rings. The molecule has 6 heteroatoms. The summed E-state index contributed by atoms with van der Waals surface area (Å²) in [7, 11) is 0. The van der Waals surface area contributed by atoms with Crippen molar-refractivity contribution in [2.24, 2.45) is 0 Å². The van der Waals surface area contributed by atoms with E-state index in [-0.39, 0.29) is 36.4 Å². The summed E-state index contributed by atoms with van der Waals surface area (Å²) in [5, 5.41) is 9.90. The molecule has 0 radical (unpaired) electrons. The minimum absolute atomic E-state index is 0.0174. The molecule has 134 valence electrons. The number of para-hydroxylation sites is 1. The normalized spacial score (nSPS) is 23.7. The molecule has 0 aromatic heterocycles. The number of rotatable bonds is 2. The smallest absolute Gasteiger partial charge is 0.254 e. The monoisotopic (exact) mass is 354 g/mol. The molecule has 0 spiro atoms. The average molecular weight is 354 g/mol. The number of benzene rings is 2. The van der Waals surface area contributed by atoms with E-state index in [1.54, 1.807) is 9.80 Å². The molecule has 1 N–H and O–H groups in total. The van der Waals surface area contributed by atoms with Gasteiger partial charge in [0.2, 0.25) is 5.91 Å². The average Bonchev–Trinajstić information content (AvgIpc) is 2.62. The van der Waals surface area contributed by atoms with Gasteiger partial charge in [-0.2, -0.15) is 0 Å². The molecular formula is C20H19FN2O3. The highest BCUT2D eigenvalue weighted by Crippen LogP contribution is 2.48. The topological polar surface area (TPSA) is 60.9 Å². The molecular weight excluding hydrogens is 335 g/mol. The number of carbonyl (C=O) groups is 2. The summed E-state index contributed by atoms with van der Waals surface area (Å²) in [6.07, 6.45) is 0. The fraction of sp³-hybridized carbons (Fsp3) is 0.300. The molecule has 0 aliphatic carbocycles. The number of likely N-dealkylation sites (tertiary alicyclic amines) is 1. The molecule has 2 aromatic carbocycles. The second-order valence-corrected chi connectivity index (χ2v) is 6.75. The SMILES string of the molecule is CC(=O)N1C[C@@H]2[C@H](c3ccccc31)[C@H](CO)N2C(=O)c1ccc(F)cc1. The van der Waals surface area contributed by atoms with Crippen molar-refractivity contribution in [3.8, 4) is 0 Å².